The number of benzene rings is 2. The molecule has 0 aromatic heterocycles. The number of rotatable bonds is 15. The highest BCUT2D eigenvalue weighted by Crippen LogP contribution is 2.28. The van der Waals surface area contributed by atoms with Crippen molar-refractivity contribution in [3.63, 3.8) is 0 Å². The van der Waals surface area contributed by atoms with Gasteiger partial charge in [0.25, 0.3) is 0 Å². The molecule has 2 aromatic carbocycles. The second-order valence-corrected chi connectivity index (χ2v) is 7.99. The molecule has 33 heavy (non-hydrogen) atoms. The van der Waals surface area contributed by atoms with E-state index in [0.29, 0.717) is 18.7 Å². The maximum atomic E-state index is 12.1. The smallest absolute Gasteiger partial charge is 0.220 e. The highest BCUT2D eigenvalue weighted by molar-refractivity contribution is 5.75. The topological polar surface area (TPSA) is 69.3 Å². The van der Waals surface area contributed by atoms with Crippen molar-refractivity contribution in [2.75, 3.05) is 55.1 Å². The van der Waals surface area contributed by atoms with Gasteiger partial charge in [-0.2, -0.15) is 0 Å². The van der Waals surface area contributed by atoms with Crippen molar-refractivity contribution in [1.82, 2.24) is 10.2 Å². The van der Waals surface area contributed by atoms with Crippen LogP contribution in [0.3, 0.4) is 0 Å². The molecule has 0 unspecified atom stereocenters. The second kappa shape index (κ2) is 14.3. The quantitative estimate of drug-likeness (QED) is 0.410. The molecule has 1 amide bonds. The van der Waals surface area contributed by atoms with Crippen LogP contribution in [0.25, 0.3) is 0 Å². The monoisotopic (exact) mass is 458 g/mol. The number of aryl methyl sites for hydroxylation is 1. The third kappa shape index (κ3) is 8.85. The maximum absolute atomic E-state index is 12.1. The molecule has 2 aromatic rings. The molecule has 7 heteroatoms. The first kappa shape index (κ1) is 26.3. The van der Waals surface area contributed by atoms with Crippen molar-refractivity contribution in [3.8, 4) is 23.0 Å². The third-order valence-corrected chi connectivity index (χ3v) is 5.59. The number of hydrogen-bond donors (Lipinski definition) is 1. The summed E-state index contributed by atoms with van der Waals surface area (Å²) in [6, 6.07) is 11.9. The van der Waals surface area contributed by atoms with E-state index in [1.54, 1.807) is 28.4 Å². The first-order valence-electron chi connectivity index (χ1n) is 11.4. The molecule has 7 nitrogen and oxygen atoms in total. The van der Waals surface area contributed by atoms with E-state index in [4.69, 9.17) is 18.9 Å². The predicted molar refractivity (Wildman–Crippen MR) is 131 cm³/mol. The first-order chi connectivity index (χ1) is 16.0. The highest BCUT2D eigenvalue weighted by atomic mass is 16.5. The lowest BCUT2D eigenvalue weighted by Crippen LogP contribution is -2.29. The zero-order valence-corrected chi connectivity index (χ0v) is 20.6. The second-order valence-electron chi connectivity index (χ2n) is 7.99. The van der Waals surface area contributed by atoms with Crippen LogP contribution in [-0.2, 0) is 17.6 Å². The van der Waals surface area contributed by atoms with Crippen LogP contribution in [0.2, 0.25) is 0 Å². The van der Waals surface area contributed by atoms with Crippen molar-refractivity contribution in [3.05, 3.63) is 47.5 Å². The van der Waals surface area contributed by atoms with E-state index in [-0.39, 0.29) is 5.91 Å². The molecule has 0 saturated carbocycles. The van der Waals surface area contributed by atoms with E-state index in [2.05, 4.69) is 23.3 Å². The third-order valence-electron chi connectivity index (χ3n) is 5.59. The standard InChI is InChI=1S/C26H38N2O5/c1-28(17-14-21-11-13-23(31-3)25(19-21)33-5)16-7-15-27-26(29)9-6-8-20-10-12-22(30-2)24(18-20)32-4/h10-13,18-19H,6-9,14-17H2,1-5H3,(H,27,29). The van der Waals surface area contributed by atoms with Crippen molar-refractivity contribution in [2.45, 2.75) is 32.1 Å². The van der Waals surface area contributed by atoms with E-state index in [0.717, 1.165) is 61.6 Å². The minimum Gasteiger partial charge on any atom is -0.493 e. The number of methoxy groups -OCH3 is 4. The molecule has 0 radical (unpaired) electrons. The number of hydrogen-bond acceptors (Lipinski definition) is 6. The van der Waals surface area contributed by atoms with Gasteiger partial charge < -0.3 is 29.2 Å². The fourth-order valence-corrected chi connectivity index (χ4v) is 3.62. The molecule has 0 heterocycles. The Hall–Kier alpha value is -2.93. The Balaban J connectivity index is 1.60. The summed E-state index contributed by atoms with van der Waals surface area (Å²) in [5.41, 5.74) is 2.35. The Morgan fingerprint density at radius 2 is 1.30 bits per heavy atom. The van der Waals surface area contributed by atoms with E-state index in [9.17, 15) is 4.79 Å². The Morgan fingerprint density at radius 1 is 0.758 bits per heavy atom. The van der Waals surface area contributed by atoms with Crippen LogP contribution >= 0.6 is 0 Å². The van der Waals surface area contributed by atoms with Gasteiger partial charge in [-0.05, 0) is 74.7 Å². The molecule has 182 valence electrons. The number of carbonyl (C=O) groups is 1. The van der Waals surface area contributed by atoms with E-state index in [1.165, 1.54) is 5.56 Å². The number of ether oxygens (including phenoxy) is 4. The molecule has 0 spiro atoms. The lowest BCUT2D eigenvalue weighted by atomic mass is 10.1. The number of carbonyl (C=O) groups excluding carboxylic acids is 1. The first-order valence-corrected chi connectivity index (χ1v) is 11.4. The highest BCUT2D eigenvalue weighted by Gasteiger charge is 2.08. The summed E-state index contributed by atoms with van der Waals surface area (Å²) >= 11 is 0. The summed E-state index contributed by atoms with van der Waals surface area (Å²) < 4.78 is 21.2. The largest absolute Gasteiger partial charge is 0.493 e. The SMILES string of the molecule is COc1ccc(CCCC(=O)NCCCN(C)CCc2ccc(OC)c(OC)c2)cc1OC. The minimum absolute atomic E-state index is 0.100. The van der Waals surface area contributed by atoms with E-state index < -0.39 is 0 Å². The zero-order valence-electron chi connectivity index (χ0n) is 20.6. The zero-order chi connectivity index (χ0) is 24.1. The molecule has 2 rings (SSSR count). The van der Waals surface area contributed by atoms with Gasteiger partial charge in [0.05, 0.1) is 28.4 Å². The lowest BCUT2D eigenvalue weighted by molar-refractivity contribution is -0.121. The summed E-state index contributed by atoms with van der Waals surface area (Å²) in [6.07, 6.45) is 3.99. The minimum atomic E-state index is 0.100. The Kier molecular flexibility index (Phi) is 11.4. The van der Waals surface area contributed by atoms with Gasteiger partial charge in [-0.3, -0.25) is 4.79 Å². The van der Waals surface area contributed by atoms with Crippen molar-refractivity contribution < 1.29 is 23.7 Å². The van der Waals surface area contributed by atoms with E-state index >= 15 is 0 Å². The molecule has 0 atom stereocenters. The summed E-state index contributed by atoms with van der Waals surface area (Å²) in [4.78, 5) is 14.4. The maximum Gasteiger partial charge on any atom is 0.220 e. The van der Waals surface area contributed by atoms with Gasteiger partial charge in [0.15, 0.2) is 23.0 Å². The van der Waals surface area contributed by atoms with Gasteiger partial charge in [-0.15, -0.1) is 0 Å². The summed E-state index contributed by atoms with van der Waals surface area (Å²) in [5, 5.41) is 3.03. The van der Waals surface area contributed by atoms with Gasteiger partial charge in [-0.25, -0.2) is 0 Å². The molecule has 0 saturated heterocycles. The molecule has 0 aliphatic heterocycles. The van der Waals surface area contributed by atoms with Crippen LogP contribution in [0.15, 0.2) is 36.4 Å². The molecular weight excluding hydrogens is 420 g/mol. The Labute approximate surface area is 198 Å². The van der Waals surface area contributed by atoms with Crippen LogP contribution in [0, 0.1) is 0 Å². The number of amides is 1. The molecule has 1 N–H and O–H groups in total. The Morgan fingerprint density at radius 3 is 1.85 bits per heavy atom. The van der Waals surface area contributed by atoms with Crippen LogP contribution in [0.4, 0.5) is 0 Å². The van der Waals surface area contributed by atoms with Gasteiger partial charge >= 0.3 is 0 Å². The fourth-order valence-electron chi connectivity index (χ4n) is 3.62. The molecule has 0 aliphatic carbocycles. The average Bonchev–Trinajstić information content (AvgIpc) is 2.84. The molecule has 0 fully saturated rings. The van der Waals surface area contributed by atoms with Gasteiger partial charge in [0.1, 0.15) is 0 Å². The van der Waals surface area contributed by atoms with Crippen LogP contribution in [0.1, 0.15) is 30.4 Å². The van der Waals surface area contributed by atoms with Crippen molar-refractivity contribution in [2.24, 2.45) is 0 Å². The number of nitrogens with one attached hydrogen (secondary N) is 1. The molecular formula is C26H38N2O5. The van der Waals surface area contributed by atoms with Gasteiger partial charge in [-0.1, -0.05) is 12.1 Å². The van der Waals surface area contributed by atoms with Crippen molar-refractivity contribution >= 4 is 5.91 Å². The van der Waals surface area contributed by atoms with Crippen LogP contribution < -0.4 is 24.3 Å². The number of nitrogens with zero attached hydrogens (tertiary/aromatic N) is 1. The summed E-state index contributed by atoms with van der Waals surface area (Å²) in [7, 11) is 8.65. The van der Waals surface area contributed by atoms with Gasteiger partial charge in [0.2, 0.25) is 5.91 Å². The summed E-state index contributed by atoms with van der Waals surface area (Å²) in [5.74, 6) is 3.03. The predicted octanol–water partition coefficient (Wildman–Crippen LogP) is 3.72. The average molecular weight is 459 g/mol. The van der Waals surface area contributed by atoms with E-state index in [1.807, 2.05) is 30.3 Å². The molecule has 0 aliphatic rings. The normalized spacial score (nSPS) is 10.7. The lowest BCUT2D eigenvalue weighted by Gasteiger charge is -2.17. The van der Waals surface area contributed by atoms with Crippen molar-refractivity contribution in [1.29, 1.82) is 0 Å². The molecule has 0 bridgehead atoms. The van der Waals surface area contributed by atoms with Crippen LogP contribution in [0.5, 0.6) is 23.0 Å². The van der Waals surface area contributed by atoms with Crippen LogP contribution in [-0.4, -0.2) is 65.9 Å². The fraction of sp³-hybridized carbons (Fsp3) is 0.500. The summed E-state index contributed by atoms with van der Waals surface area (Å²) in [6.45, 7) is 2.56. The number of likely N-dealkylation sites (N-methyl/N-ethyl adjacent to an activating group) is 1. The Bertz CT molecular complexity index is 872. The van der Waals surface area contributed by atoms with Gasteiger partial charge in [0, 0.05) is 19.5 Å².